The van der Waals surface area contributed by atoms with Crippen molar-refractivity contribution in [3.63, 3.8) is 0 Å². The summed E-state index contributed by atoms with van der Waals surface area (Å²) >= 11 is 0. The zero-order chi connectivity index (χ0) is 13.9. The molecule has 0 radical (unpaired) electrons. The summed E-state index contributed by atoms with van der Waals surface area (Å²) in [5.41, 5.74) is 13.4. The van der Waals surface area contributed by atoms with Crippen LogP contribution in [-0.2, 0) is 0 Å². The monoisotopic (exact) mass is 266 g/mol. The van der Waals surface area contributed by atoms with E-state index >= 15 is 0 Å². The summed E-state index contributed by atoms with van der Waals surface area (Å²) in [4.78, 5) is 8.20. The number of nitrogen functional groups attached to an aromatic ring is 2. The number of nitrogens with two attached hydrogens (primary N) is 2. The zero-order valence-corrected chi connectivity index (χ0v) is 10.3. The first kappa shape index (κ1) is 11.9. The number of aromatic nitrogens is 6. The van der Waals surface area contributed by atoms with Gasteiger partial charge in [-0.05, 0) is 24.3 Å². The van der Waals surface area contributed by atoms with Crippen LogP contribution in [0.4, 0.5) is 11.4 Å². The van der Waals surface area contributed by atoms with Crippen molar-refractivity contribution in [2.24, 2.45) is 0 Å². The zero-order valence-electron chi connectivity index (χ0n) is 10.3. The number of anilines is 2. The van der Waals surface area contributed by atoms with Crippen LogP contribution in [0.1, 0.15) is 0 Å². The molecule has 98 valence electrons. The van der Waals surface area contributed by atoms with Gasteiger partial charge in [-0.3, -0.25) is 9.97 Å². The van der Waals surface area contributed by atoms with Crippen LogP contribution in [0.25, 0.3) is 23.0 Å². The van der Waals surface area contributed by atoms with Crippen LogP contribution in [0.3, 0.4) is 0 Å². The first-order valence-corrected chi connectivity index (χ1v) is 5.75. The van der Waals surface area contributed by atoms with Crippen LogP contribution >= 0.6 is 0 Å². The third-order valence-corrected chi connectivity index (χ3v) is 2.58. The van der Waals surface area contributed by atoms with Crippen LogP contribution in [0.2, 0.25) is 0 Å². The Bertz CT molecular complexity index is 676. The van der Waals surface area contributed by atoms with Gasteiger partial charge in [0.05, 0.1) is 11.4 Å². The molecule has 0 saturated carbocycles. The lowest BCUT2D eigenvalue weighted by Gasteiger charge is -2.03. The average Bonchev–Trinajstić information content (AvgIpc) is 2.49. The van der Waals surface area contributed by atoms with Crippen molar-refractivity contribution < 1.29 is 0 Å². The molecule has 0 aliphatic rings. The van der Waals surface area contributed by atoms with E-state index in [0.717, 1.165) is 0 Å². The molecule has 3 rings (SSSR count). The fraction of sp³-hybridized carbons (Fsp3) is 0. The van der Waals surface area contributed by atoms with E-state index in [2.05, 4.69) is 30.4 Å². The molecule has 20 heavy (non-hydrogen) atoms. The molecule has 8 heteroatoms. The van der Waals surface area contributed by atoms with Gasteiger partial charge in [0.2, 0.25) is 11.6 Å². The van der Waals surface area contributed by atoms with E-state index < -0.39 is 0 Å². The number of nitrogens with zero attached hydrogens (tertiary/aromatic N) is 6. The van der Waals surface area contributed by atoms with Crippen LogP contribution in [-0.4, -0.2) is 30.4 Å². The van der Waals surface area contributed by atoms with Gasteiger partial charge in [-0.25, -0.2) is 0 Å². The second kappa shape index (κ2) is 4.84. The summed E-state index contributed by atoms with van der Waals surface area (Å²) < 4.78 is 0. The van der Waals surface area contributed by atoms with Gasteiger partial charge in [0, 0.05) is 12.4 Å². The Balaban J connectivity index is 2.01. The van der Waals surface area contributed by atoms with Gasteiger partial charge in [-0.15, -0.1) is 20.4 Å². The fourth-order valence-electron chi connectivity index (χ4n) is 1.63. The molecule has 3 aromatic heterocycles. The Kier molecular flexibility index (Phi) is 2.88. The lowest BCUT2D eigenvalue weighted by Crippen LogP contribution is -2.04. The van der Waals surface area contributed by atoms with Crippen molar-refractivity contribution in [1.29, 1.82) is 0 Å². The third kappa shape index (κ3) is 2.09. The molecule has 0 saturated heterocycles. The molecule has 0 atom stereocenters. The molecular weight excluding hydrogens is 256 g/mol. The van der Waals surface area contributed by atoms with Crippen LogP contribution in [0.5, 0.6) is 0 Å². The number of hydrogen-bond donors (Lipinski definition) is 2. The van der Waals surface area contributed by atoms with Gasteiger partial charge < -0.3 is 11.5 Å². The Morgan fingerprint density at radius 2 is 1.05 bits per heavy atom. The third-order valence-electron chi connectivity index (χ3n) is 2.58. The summed E-state index contributed by atoms with van der Waals surface area (Å²) in [5.74, 6) is 0.503. The maximum absolute atomic E-state index is 5.80. The summed E-state index contributed by atoms with van der Waals surface area (Å²) in [7, 11) is 0. The van der Waals surface area contributed by atoms with E-state index in [1.54, 1.807) is 36.7 Å². The molecule has 0 aliphatic heterocycles. The number of pyridine rings is 2. The van der Waals surface area contributed by atoms with Crippen molar-refractivity contribution in [1.82, 2.24) is 30.4 Å². The fourth-order valence-corrected chi connectivity index (χ4v) is 1.63. The van der Waals surface area contributed by atoms with Crippen molar-refractivity contribution in [3.8, 4) is 23.0 Å². The van der Waals surface area contributed by atoms with Gasteiger partial charge in [0.15, 0.2) is 0 Å². The minimum Gasteiger partial charge on any atom is -0.397 e. The molecular formula is C12H10N8. The molecule has 3 aromatic rings. The number of rotatable bonds is 2. The Hall–Kier alpha value is -3.16. The summed E-state index contributed by atoms with van der Waals surface area (Å²) in [5, 5.41) is 15.9. The van der Waals surface area contributed by atoms with Gasteiger partial charge in [0.25, 0.3) is 0 Å². The molecule has 0 bridgehead atoms. The van der Waals surface area contributed by atoms with E-state index in [0.29, 0.717) is 22.8 Å². The van der Waals surface area contributed by atoms with Crippen molar-refractivity contribution >= 4 is 11.4 Å². The molecule has 8 nitrogen and oxygen atoms in total. The van der Waals surface area contributed by atoms with E-state index in [-0.39, 0.29) is 11.6 Å². The van der Waals surface area contributed by atoms with E-state index in [1.807, 2.05) is 0 Å². The van der Waals surface area contributed by atoms with Gasteiger partial charge >= 0.3 is 0 Å². The van der Waals surface area contributed by atoms with Crippen LogP contribution in [0, 0.1) is 0 Å². The maximum atomic E-state index is 5.80. The molecule has 0 aromatic carbocycles. The predicted molar refractivity (Wildman–Crippen MR) is 72.9 cm³/mol. The van der Waals surface area contributed by atoms with E-state index in [4.69, 9.17) is 11.5 Å². The SMILES string of the molecule is Nc1cccnc1-c1nnc(-c2ncccc2N)nn1. The standard InChI is InChI=1S/C12H10N8/c13-7-3-1-5-15-9(7)11-17-19-12(20-18-11)10-8(14)4-2-6-16-10/h1-6H,13-14H2. The summed E-state index contributed by atoms with van der Waals surface area (Å²) in [6.07, 6.45) is 3.19. The van der Waals surface area contributed by atoms with E-state index in [9.17, 15) is 0 Å². The average molecular weight is 266 g/mol. The molecule has 4 N–H and O–H groups in total. The van der Waals surface area contributed by atoms with Gasteiger partial charge in [-0.1, -0.05) is 0 Å². The lowest BCUT2D eigenvalue weighted by molar-refractivity contribution is 0.866. The van der Waals surface area contributed by atoms with Gasteiger partial charge in [-0.2, -0.15) is 0 Å². The highest BCUT2D eigenvalue weighted by Gasteiger charge is 2.12. The highest BCUT2D eigenvalue weighted by molar-refractivity contribution is 5.68. The smallest absolute Gasteiger partial charge is 0.224 e. The highest BCUT2D eigenvalue weighted by atomic mass is 15.3. The normalized spacial score (nSPS) is 10.4. The first-order valence-electron chi connectivity index (χ1n) is 5.75. The van der Waals surface area contributed by atoms with Gasteiger partial charge in [0.1, 0.15) is 11.4 Å². The quantitative estimate of drug-likeness (QED) is 0.688. The Morgan fingerprint density at radius 1 is 0.650 bits per heavy atom. The minimum atomic E-state index is 0.251. The molecule has 3 heterocycles. The maximum Gasteiger partial charge on any atom is 0.224 e. The first-order chi connectivity index (χ1) is 9.75. The lowest BCUT2D eigenvalue weighted by atomic mass is 10.3. The summed E-state index contributed by atoms with van der Waals surface area (Å²) in [6.45, 7) is 0. The number of hydrogen-bond acceptors (Lipinski definition) is 8. The van der Waals surface area contributed by atoms with Crippen molar-refractivity contribution in [2.75, 3.05) is 11.5 Å². The molecule has 0 fully saturated rings. The Morgan fingerprint density at radius 3 is 1.40 bits per heavy atom. The predicted octanol–water partition coefficient (Wildman–Crippen LogP) is 0.555. The van der Waals surface area contributed by atoms with Crippen molar-refractivity contribution in [2.45, 2.75) is 0 Å². The molecule has 0 spiro atoms. The van der Waals surface area contributed by atoms with Crippen LogP contribution < -0.4 is 11.5 Å². The second-order valence-electron chi connectivity index (χ2n) is 3.93. The molecule has 0 unspecified atom stereocenters. The van der Waals surface area contributed by atoms with E-state index in [1.165, 1.54) is 0 Å². The second-order valence-corrected chi connectivity index (χ2v) is 3.93. The minimum absolute atomic E-state index is 0.251. The van der Waals surface area contributed by atoms with Crippen LogP contribution in [0.15, 0.2) is 36.7 Å². The Labute approximate surface area is 113 Å². The largest absolute Gasteiger partial charge is 0.397 e. The summed E-state index contributed by atoms with van der Waals surface area (Å²) in [6, 6.07) is 6.86. The topological polar surface area (TPSA) is 129 Å². The molecule has 0 aliphatic carbocycles. The highest BCUT2D eigenvalue weighted by Crippen LogP contribution is 2.20. The molecule has 0 amide bonds. The van der Waals surface area contributed by atoms with Crippen molar-refractivity contribution in [3.05, 3.63) is 36.7 Å².